The summed E-state index contributed by atoms with van der Waals surface area (Å²) in [6, 6.07) is 8.77. The summed E-state index contributed by atoms with van der Waals surface area (Å²) in [6.45, 7) is 0. The molecule has 0 aliphatic rings. The van der Waals surface area contributed by atoms with E-state index in [1.807, 2.05) is 5.43 Å². The fraction of sp³-hybridized carbons (Fsp3) is 0.0667. The first-order chi connectivity index (χ1) is 11.3. The van der Waals surface area contributed by atoms with E-state index < -0.39 is 11.9 Å². The van der Waals surface area contributed by atoms with Crippen molar-refractivity contribution in [2.45, 2.75) is 0 Å². The molecule has 128 valence electrons. The SMILES string of the molecule is COC(=O)c1cc(O)cc(Br)c1.NNC(=O)c1cc(O)cc(Br)c1. The molecule has 0 fully saturated rings. The van der Waals surface area contributed by atoms with Crippen LogP contribution in [0.4, 0.5) is 0 Å². The number of nitrogen functional groups attached to an aromatic ring is 1. The number of halogens is 2. The number of rotatable bonds is 2. The Bertz CT molecular complexity index is 649. The summed E-state index contributed by atoms with van der Waals surface area (Å²) in [5.74, 6) is 4.05. The summed E-state index contributed by atoms with van der Waals surface area (Å²) in [5, 5.41) is 18.2. The van der Waals surface area contributed by atoms with Crippen LogP contribution in [-0.2, 0) is 4.74 Å². The van der Waals surface area contributed by atoms with E-state index in [1.165, 1.54) is 31.4 Å². The summed E-state index contributed by atoms with van der Waals surface area (Å²) in [7, 11) is 1.29. The molecule has 2 aromatic carbocycles. The van der Waals surface area contributed by atoms with Gasteiger partial charge in [0.1, 0.15) is 11.5 Å². The third-order valence-electron chi connectivity index (χ3n) is 2.58. The topological polar surface area (TPSA) is 122 Å². The number of benzene rings is 2. The number of hydrogen-bond donors (Lipinski definition) is 4. The second kappa shape index (κ2) is 9.26. The monoisotopic (exact) mass is 460 g/mol. The Hall–Kier alpha value is -2.10. The van der Waals surface area contributed by atoms with Gasteiger partial charge in [-0.3, -0.25) is 10.2 Å². The maximum Gasteiger partial charge on any atom is 0.338 e. The molecule has 9 heteroatoms. The molecule has 0 spiro atoms. The zero-order valence-electron chi connectivity index (χ0n) is 12.4. The van der Waals surface area contributed by atoms with E-state index in [0.717, 1.165) is 0 Å². The number of phenolic OH excluding ortho intramolecular Hbond substituents is 2. The molecular weight excluding hydrogens is 448 g/mol. The highest BCUT2D eigenvalue weighted by molar-refractivity contribution is 9.10. The van der Waals surface area contributed by atoms with Crippen LogP contribution < -0.4 is 11.3 Å². The van der Waals surface area contributed by atoms with E-state index in [2.05, 4.69) is 36.6 Å². The van der Waals surface area contributed by atoms with Gasteiger partial charge in [0.25, 0.3) is 5.91 Å². The van der Waals surface area contributed by atoms with E-state index in [1.54, 1.807) is 12.1 Å². The highest BCUT2D eigenvalue weighted by Crippen LogP contribution is 2.21. The second-order valence-electron chi connectivity index (χ2n) is 4.36. The third kappa shape index (κ3) is 6.19. The molecule has 0 heterocycles. The Morgan fingerprint density at radius 2 is 1.42 bits per heavy atom. The lowest BCUT2D eigenvalue weighted by molar-refractivity contribution is 0.0600. The van der Waals surface area contributed by atoms with Crippen molar-refractivity contribution in [1.29, 1.82) is 0 Å². The van der Waals surface area contributed by atoms with E-state index in [9.17, 15) is 9.59 Å². The van der Waals surface area contributed by atoms with Crippen LogP contribution in [0.15, 0.2) is 45.3 Å². The first kappa shape index (κ1) is 19.9. The first-order valence-corrected chi connectivity index (χ1v) is 7.93. The minimum Gasteiger partial charge on any atom is -0.508 e. The number of hydrazine groups is 1. The molecule has 0 bridgehead atoms. The number of phenols is 2. The van der Waals surface area contributed by atoms with Crippen molar-refractivity contribution in [1.82, 2.24) is 5.43 Å². The summed E-state index contributed by atoms with van der Waals surface area (Å²) in [4.78, 5) is 21.9. The molecule has 0 aromatic heterocycles. The van der Waals surface area contributed by atoms with Crippen LogP contribution in [0, 0.1) is 0 Å². The largest absolute Gasteiger partial charge is 0.508 e. The summed E-state index contributed by atoms with van der Waals surface area (Å²) in [6.07, 6.45) is 0. The van der Waals surface area contributed by atoms with Gasteiger partial charge in [0, 0.05) is 14.5 Å². The predicted molar refractivity (Wildman–Crippen MR) is 94.6 cm³/mol. The third-order valence-corrected chi connectivity index (χ3v) is 3.50. The van der Waals surface area contributed by atoms with Gasteiger partial charge >= 0.3 is 5.97 Å². The van der Waals surface area contributed by atoms with Crippen LogP contribution in [-0.4, -0.2) is 29.2 Å². The second-order valence-corrected chi connectivity index (χ2v) is 6.19. The van der Waals surface area contributed by atoms with Gasteiger partial charge in [-0.15, -0.1) is 0 Å². The Morgan fingerprint density at radius 3 is 1.83 bits per heavy atom. The maximum atomic E-state index is 11.0. The molecule has 0 aliphatic heterocycles. The van der Waals surface area contributed by atoms with Crippen LogP contribution in [0.2, 0.25) is 0 Å². The number of nitrogens with two attached hydrogens (primary N) is 1. The number of carbonyl (C=O) groups is 2. The summed E-state index contributed by atoms with van der Waals surface area (Å²) in [5.41, 5.74) is 2.60. The van der Waals surface area contributed by atoms with Crippen molar-refractivity contribution < 1.29 is 24.5 Å². The predicted octanol–water partition coefficient (Wildman–Crippen LogP) is 2.70. The quantitative estimate of drug-likeness (QED) is 0.236. The van der Waals surface area contributed by atoms with Crippen LogP contribution in [0.5, 0.6) is 11.5 Å². The van der Waals surface area contributed by atoms with Crippen LogP contribution in [0.25, 0.3) is 0 Å². The average Bonchev–Trinajstić information content (AvgIpc) is 2.52. The van der Waals surface area contributed by atoms with E-state index >= 15 is 0 Å². The van der Waals surface area contributed by atoms with Crippen molar-refractivity contribution in [2.75, 3.05) is 7.11 Å². The Kier molecular flexibility index (Phi) is 7.69. The maximum absolute atomic E-state index is 11.0. The van der Waals surface area contributed by atoms with Crippen molar-refractivity contribution in [3.8, 4) is 11.5 Å². The number of methoxy groups -OCH3 is 1. The van der Waals surface area contributed by atoms with Gasteiger partial charge in [-0.05, 0) is 36.4 Å². The van der Waals surface area contributed by atoms with Crippen LogP contribution in [0.1, 0.15) is 20.7 Å². The normalized spacial score (nSPS) is 9.50. The Balaban J connectivity index is 0.000000240. The smallest absolute Gasteiger partial charge is 0.338 e. The molecule has 0 saturated heterocycles. The molecule has 0 atom stereocenters. The average molecular weight is 462 g/mol. The minimum absolute atomic E-state index is 0.0166. The molecule has 7 nitrogen and oxygen atoms in total. The highest BCUT2D eigenvalue weighted by Gasteiger charge is 2.07. The van der Waals surface area contributed by atoms with Crippen molar-refractivity contribution >= 4 is 43.7 Å². The first-order valence-electron chi connectivity index (χ1n) is 6.35. The number of amides is 1. The molecule has 5 N–H and O–H groups in total. The van der Waals surface area contributed by atoms with Crippen molar-refractivity contribution in [2.24, 2.45) is 5.84 Å². The van der Waals surface area contributed by atoms with Gasteiger partial charge in [0.05, 0.1) is 12.7 Å². The van der Waals surface area contributed by atoms with E-state index in [4.69, 9.17) is 16.1 Å². The van der Waals surface area contributed by atoms with E-state index in [-0.39, 0.29) is 11.5 Å². The van der Waals surface area contributed by atoms with Crippen molar-refractivity contribution in [3.63, 3.8) is 0 Å². The lowest BCUT2D eigenvalue weighted by atomic mass is 10.2. The zero-order valence-corrected chi connectivity index (χ0v) is 15.6. The van der Waals surface area contributed by atoms with E-state index in [0.29, 0.717) is 20.1 Å². The molecule has 0 saturated carbocycles. The van der Waals surface area contributed by atoms with Gasteiger partial charge in [0.2, 0.25) is 0 Å². The fourth-order valence-corrected chi connectivity index (χ4v) is 2.56. The molecule has 2 rings (SSSR count). The molecule has 0 unspecified atom stereocenters. The lowest BCUT2D eigenvalue weighted by Crippen LogP contribution is -2.29. The molecule has 0 aliphatic carbocycles. The van der Waals surface area contributed by atoms with Crippen LogP contribution in [0.3, 0.4) is 0 Å². The number of carbonyl (C=O) groups excluding carboxylic acids is 2. The van der Waals surface area contributed by atoms with Gasteiger partial charge in [-0.2, -0.15) is 0 Å². The highest BCUT2D eigenvalue weighted by atomic mass is 79.9. The number of ether oxygens (including phenoxy) is 1. The van der Waals surface area contributed by atoms with Gasteiger partial charge in [-0.1, -0.05) is 31.9 Å². The van der Waals surface area contributed by atoms with Gasteiger partial charge in [-0.25, -0.2) is 10.6 Å². The molecule has 24 heavy (non-hydrogen) atoms. The van der Waals surface area contributed by atoms with Gasteiger partial charge in [0.15, 0.2) is 0 Å². The molecule has 2 aromatic rings. The molecular formula is C15H14Br2N2O5. The standard InChI is InChI=1S/C8H7BrO3.C7H7BrN2O2/c1-12-8(11)5-2-6(9)4-7(10)3-5;8-5-1-4(7(12)10-9)2-6(11)3-5/h2-4,10H,1H3;1-3,11H,9H2,(H,10,12). The lowest BCUT2D eigenvalue weighted by Gasteiger charge is -2.00. The number of hydrogen-bond acceptors (Lipinski definition) is 6. The van der Waals surface area contributed by atoms with Crippen molar-refractivity contribution in [3.05, 3.63) is 56.5 Å². The summed E-state index contributed by atoms with van der Waals surface area (Å²) < 4.78 is 5.74. The number of esters is 1. The Morgan fingerprint density at radius 1 is 0.958 bits per heavy atom. The molecule has 1 amide bonds. The molecule has 0 radical (unpaired) electrons. The fourth-order valence-electron chi connectivity index (χ4n) is 1.60. The minimum atomic E-state index is -0.466. The van der Waals surface area contributed by atoms with Crippen LogP contribution >= 0.6 is 31.9 Å². The van der Waals surface area contributed by atoms with Gasteiger partial charge < -0.3 is 14.9 Å². The number of nitrogens with one attached hydrogen (secondary N) is 1. The summed E-state index contributed by atoms with van der Waals surface area (Å²) >= 11 is 6.27. The number of aromatic hydroxyl groups is 2. The Labute approximate surface area is 154 Å². The zero-order chi connectivity index (χ0) is 18.3.